The number of hydrogen-bond donors (Lipinski definition) is 0. The van der Waals surface area contributed by atoms with E-state index in [0.29, 0.717) is 6.42 Å². The van der Waals surface area contributed by atoms with Crippen molar-refractivity contribution in [3.8, 4) is 11.8 Å². The molecule has 0 N–H and O–H groups in total. The quantitative estimate of drug-likeness (QED) is 0.538. The summed E-state index contributed by atoms with van der Waals surface area (Å²) in [5, 5.41) is 0. The van der Waals surface area contributed by atoms with Crippen LogP contribution in [0.5, 0.6) is 0 Å². The monoisotopic (exact) mass is 165 g/mol. The fourth-order valence-electron chi connectivity index (χ4n) is 1.34. The maximum Gasteiger partial charge on any atom is 0.234 e. The lowest BCUT2D eigenvalue weighted by molar-refractivity contribution is -0.129. The van der Waals surface area contributed by atoms with Crippen LogP contribution in [0.4, 0.5) is 0 Å². The standard InChI is InChI=1S/C10H15NO/c1-2-3-4-7-10(12)11-8-5-6-9-11/h2,5-9H2,1H3. The van der Waals surface area contributed by atoms with Gasteiger partial charge in [-0.2, -0.15) is 0 Å². The van der Waals surface area contributed by atoms with Gasteiger partial charge >= 0.3 is 0 Å². The summed E-state index contributed by atoms with van der Waals surface area (Å²) >= 11 is 0. The van der Waals surface area contributed by atoms with Gasteiger partial charge in [-0.1, -0.05) is 12.8 Å². The molecule has 0 bridgehead atoms. The van der Waals surface area contributed by atoms with E-state index in [-0.39, 0.29) is 5.91 Å². The summed E-state index contributed by atoms with van der Waals surface area (Å²) < 4.78 is 0. The maximum absolute atomic E-state index is 11.3. The van der Waals surface area contributed by atoms with Crippen LogP contribution in [-0.4, -0.2) is 23.9 Å². The first-order valence-electron chi connectivity index (χ1n) is 4.58. The van der Waals surface area contributed by atoms with Gasteiger partial charge in [-0.25, -0.2) is 0 Å². The third kappa shape index (κ3) is 2.58. The van der Waals surface area contributed by atoms with Gasteiger partial charge in [0, 0.05) is 19.5 Å². The van der Waals surface area contributed by atoms with Crippen LogP contribution in [-0.2, 0) is 4.79 Å². The molecule has 1 fully saturated rings. The van der Waals surface area contributed by atoms with E-state index in [1.165, 1.54) is 0 Å². The molecule has 12 heavy (non-hydrogen) atoms. The number of carbonyl (C=O) groups excluding carboxylic acids is 1. The van der Waals surface area contributed by atoms with Crippen LogP contribution in [0.15, 0.2) is 0 Å². The van der Waals surface area contributed by atoms with Crippen LogP contribution < -0.4 is 0 Å². The van der Waals surface area contributed by atoms with E-state index in [0.717, 1.165) is 32.4 Å². The Balaban J connectivity index is 2.27. The number of amides is 1. The average molecular weight is 165 g/mol. The zero-order valence-corrected chi connectivity index (χ0v) is 7.60. The third-order valence-electron chi connectivity index (χ3n) is 2.00. The highest BCUT2D eigenvalue weighted by Gasteiger charge is 2.15. The molecule has 1 amide bonds. The molecule has 1 saturated heterocycles. The number of carbonyl (C=O) groups is 1. The van der Waals surface area contributed by atoms with Crippen molar-refractivity contribution in [3.05, 3.63) is 0 Å². The Labute approximate surface area is 73.9 Å². The van der Waals surface area contributed by atoms with Crippen LogP contribution in [0.2, 0.25) is 0 Å². The highest BCUT2D eigenvalue weighted by molar-refractivity contribution is 5.78. The van der Waals surface area contributed by atoms with Crippen LogP contribution in [0.1, 0.15) is 32.6 Å². The Bertz CT molecular complexity index is 206. The molecule has 0 aromatic rings. The van der Waals surface area contributed by atoms with Crippen LogP contribution in [0, 0.1) is 11.8 Å². The molecule has 0 aromatic heterocycles. The van der Waals surface area contributed by atoms with Crippen molar-refractivity contribution in [1.29, 1.82) is 0 Å². The summed E-state index contributed by atoms with van der Waals surface area (Å²) in [7, 11) is 0. The summed E-state index contributed by atoms with van der Waals surface area (Å²) in [5.74, 6) is 5.98. The molecular formula is C10H15NO. The summed E-state index contributed by atoms with van der Waals surface area (Å²) in [6.45, 7) is 3.87. The molecule has 1 heterocycles. The lowest BCUT2D eigenvalue weighted by atomic mass is 10.3. The predicted molar refractivity (Wildman–Crippen MR) is 48.5 cm³/mol. The Hall–Kier alpha value is -0.970. The molecule has 0 atom stereocenters. The van der Waals surface area contributed by atoms with Gasteiger partial charge < -0.3 is 4.90 Å². The van der Waals surface area contributed by atoms with Gasteiger partial charge in [0.2, 0.25) is 5.91 Å². The highest BCUT2D eigenvalue weighted by Crippen LogP contribution is 2.08. The molecule has 2 nitrogen and oxygen atoms in total. The lowest BCUT2D eigenvalue weighted by Gasteiger charge is -2.12. The van der Waals surface area contributed by atoms with E-state index in [1.807, 2.05) is 11.8 Å². The molecule has 0 aromatic carbocycles. The van der Waals surface area contributed by atoms with Crippen molar-refractivity contribution < 1.29 is 4.79 Å². The minimum Gasteiger partial charge on any atom is -0.342 e. The minimum atomic E-state index is 0.202. The van der Waals surface area contributed by atoms with Crippen molar-refractivity contribution in [1.82, 2.24) is 4.90 Å². The van der Waals surface area contributed by atoms with Crippen LogP contribution >= 0.6 is 0 Å². The maximum atomic E-state index is 11.3. The molecule has 1 aliphatic rings. The van der Waals surface area contributed by atoms with E-state index < -0.39 is 0 Å². The first-order chi connectivity index (χ1) is 5.84. The molecule has 0 spiro atoms. The van der Waals surface area contributed by atoms with E-state index in [9.17, 15) is 4.79 Å². The molecule has 0 radical (unpaired) electrons. The van der Waals surface area contributed by atoms with Crippen molar-refractivity contribution in [2.45, 2.75) is 32.6 Å². The Kier molecular flexibility index (Phi) is 3.66. The van der Waals surface area contributed by atoms with Crippen molar-refractivity contribution >= 4 is 5.91 Å². The number of rotatable bonds is 1. The molecule has 66 valence electrons. The minimum absolute atomic E-state index is 0.202. The van der Waals surface area contributed by atoms with Crippen molar-refractivity contribution in [3.63, 3.8) is 0 Å². The first kappa shape index (κ1) is 9.12. The molecule has 1 rings (SSSR count). The zero-order chi connectivity index (χ0) is 8.81. The highest BCUT2D eigenvalue weighted by atomic mass is 16.2. The fraction of sp³-hybridized carbons (Fsp3) is 0.700. The predicted octanol–water partition coefficient (Wildman–Crippen LogP) is 1.41. The number of hydrogen-bond acceptors (Lipinski definition) is 1. The van der Waals surface area contributed by atoms with E-state index in [2.05, 4.69) is 11.8 Å². The summed E-state index contributed by atoms with van der Waals surface area (Å²) in [4.78, 5) is 13.3. The van der Waals surface area contributed by atoms with Gasteiger partial charge in [0.1, 0.15) is 0 Å². The van der Waals surface area contributed by atoms with Gasteiger partial charge in [-0.3, -0.25) is 4.79 Å². The second-order valence-electron chi connectivity index (χ2n) is 2.97. The second-order valence-corrected chi connectivity index (χ2v) is 2.97. The molecular weight excluding hydrogens is 150 g/mol. The summed E-state index contributed by atoms with van der Waals surface area (Å²) in [6, 6.07) is 0. The number of likely N-dealkylation sites (tertiary alicyclic amines) is 1. The third-order valence-corrected chi connectivity index (χ3v) is 2.00. The smallest absolute Gasteiger partial charge is 0.234 e. The Morgan fingerprint density at radius 2 is 2.00 bits per heavy atom. The fourth-order valence-corrected chi connectivity index (χ4v) is 1.34. The van der Waals surface area contributed by atoms with Crippen molar-refractivity contribution in [2.75, 3.05) is 13.1 Å². The van der Waals surface area contributed by atoms with E-state index in [4.69, 9.17) is 0 Å². The Morgan fingerprint density at radius 3 is 2.58 bits per heavy atom. The van der Waals surface area contributed by atoms with Crippen LogP contribution in [0.25, 0.3) is 0 Å². The molecule has 0 aliphatic carbocycles. The molecule has 1 aliphatic heterocycles. The molecule has 2 heteroatoms. The normalized spacial score (nSPS) is 15.6. The summed E-state index contributed by atoms with van der Waals surface area (Å²) in [6.07, 6.45) is 3.57. The largest absolute Gasteiger partial charge is 0.342 e. The molecule has 0 saturated carbocycles. The van der Waals surface area contributed by atoms with E-state index >= 15 is 0 Å². The van der Waals surface area contributed by atoms with Gasteiger partial charge in [-0.15, -0.1) is 5.92 Å². The van der Waals surface area contributed by atoms with Crippen LogP contribution in [0.3, 0.4) is 0 Å². The lowest BCUT2D eigenvalue weighted by Crippen LogP contribution is -2.26. The Morgan fingerprint density at radius 1 is 1.33 bits per heavy atom. The number of nitrogens with zero attached hydrogens (tertiary/aromatic N) is 1. The van der Waals surface area contributed by atoms with Gasteiger partial charge in [0.05, 0.1) is 6.42 Å². The van der Waals surface area contributed by atoms with Gasteiger partial charge in [0.25, 0.3) is 0 Å². The van der Waals surface area contributed by atoms with E-state index in [1.54, 1.807) is 0 Å². The van der Waals surface area contributed by atoms with Gasteiger partial charge in [0.15, 0.2) is 0 Å². The summed E-state index contributed by atoms with van der Waals surface area (Å²) in [5.41, 5.74) is 0. The second kappa shape index (κ2) is 4.82. The average Bonchev–Trinajstić information content (AvgIpc) is 2.56. The zero-order valence-electron chi connectivity index (χ0n) is 7.60. The van der Waals surface area contributed by atoms with Gasteiger partial charge in [-0.05, 0) is 12.8 Å². The first-order valence-corrected chi connectivity index (χ1v) is 4.58. The SMILES string of the molecule is CCC#CCC(=O)N1CCCC1. The van der Waals surface area contributed by atoms with Crippen molar-refractivity contribution in [2.24, 2.45) is 0 Å². The topological polar surface area (TPSA) is 20.3 Å². The molecule has 0 unspecified atom stereocenters.